The number of rotatable bonds is 11. The molecule has 1 unspecified atom stereocenters. The summed E-state index contributed by atoms with van der Waals surface area (Å²) in [7, 11) is 0. The number of hydrogen-bond donors (Lipinski definition) is 3. The number of nitrogens with zero attached hydrogens (tertiary/aromatic N) is 3. The topological polar surface area (TPSA) is 129 Å². The van der Waals surface area contributed by atoms with Gasteiger partial charge in [0, 0.05) is 12.2 Å². The van der Waals surface area contributed by atoms with Crippen molar-refractivity contribution in [2.75, 3.05) is 11.9 Å². The standard InChI is InChI=1S/C27H30F4N6O3/c1-14(2)37-21(7-8-34-37)25(39)36-24(23(15-3-4-15)16-5-6-16)26(40)35-20-10-18(12-32)17(9-19(20)28)11-22(38)33-13-27(29,30)31/h7-10,14-16,23-24H,3-6,11,13H2,1-2H3,(H,33,38)(H,35,40)(H,36,39). The van der Waals surface area contributed by atoms with E-state index in [1.165, 1.54) is 10.9 Å². The third kappa shape index (κ3) is 7.16. The lowest BCUT2D eigenvalue weighted by Gasteiger charge is -2.28. The van der Waals surface area contributed by atoms with Gasteiger partial charge in [0.05, 0.1) is 23.7 Å². The molecule has 0 aliphatic heterocycles. The lowest BCUT2D eigenvalue weighted by atomic mass is 9.88. The first-order chi connectivity index (χ1) is 18.9. The second-order valence-corrected chi connectivity index (χ2v) is 10.6. The molecule has 1 heterocycles. The average molecular weight is 563 g/mol. The van der Waals surface area contributed by atoms with Crippen LogP contribution >= 0.6 is 0 Å². The molecule has 0 radical (unpaired) electrons. The molecule has 2 fully saturated rings. The first kappa shape index (κ1) is 29.0. The molecule has 0 spiro atoms. The van der Waals surface area contributed by atoms with Gasteiger partial charge in [-0.15, -0.1) is 0 Å². The molecule has 1 aromatic heterocycles. The molecule has 2 saturated carbocycles. The van der Waals surface area contributed by atoms with Crippen LogP contribution in [0.2, 0.25) is 0 Å². The van der Waals surface area contributed by atoms with E-state index in [0.29, 0.717) is 0 Å². The molecule has 3 N–H and O–H groups in total. The molecule has 9 nitrogen and oxygen atoms in total. The molecule has 1 aromatic carbocycles. The van der Waals surface area contributed by atoms with Crippen molar-refractivity contribution in [3.8, 4) is 6.07 Å². The quantitative estimate of drug-likeness (QED) is 0.358. The molecule has 2 aliphatic carbocycles. The maximum Gasteiger partial charge on any atom is 0.405 e. The second kappa shape index (κ2) is 11.7. The summed E-state index contributed by atoms with van der Waals surface area (Å²) < 4.78 is 53.7. The number of alkyl halides is 3. The van der Waals surface area contributed by atoms with Gasteiger partial charge < -0.3 is 16.0 Å². The number of halogens is 4. The number of aromatic nitrogens is 2. The van der Waals surface area contributed by atoms with Gasteiger partial charge in [-0.3, -0.25) is 19.1 Å². The molecule has 2 aromatic rings. The molecule has 4 rings (SSSR count). The van der Waals surface area contributed by atoms with E-state index < -0.39 is 48.7 Å². The molecule has 2 aliphatic rings. The van der Waals surface area contributed by atoms with E-state index in [4.69, 9.17) is 0 Å². The Morgan fingerprint density at radius 3 is 2.35 bits per heavy atom. The summed E-state index contributed by atoms with van der Waals surface area (Å²) in [5.41, 5.74) is -0.360. The molecule has 3 amide bonds. The highest BCUT2D eigenvalue weighted by Gasteiger charge is 2.48. The van der Waals surface area contributed by atoms with E-state index in [-0.39, 0.29) is 46.3 Å². The zero-order valence-corrected chi connectivity index (χ0v) is 22.0. The maximum atomic E-state index is 15.1. The zero-order valence-electron chi connectivity index (χ0n) is 22.0. The molecule has 13 heteroatoms. The molecular formula is C27H30F4N6O3. The van der Waals surface area contributed by atoms with Crippen molar-refractivity contribution < 1.29 is 31.9 Å². The summed E-state index contributed by atoms with van der Waals surface area (Å²) in [5.74, 6) is -2.79. The Balaban J connectivity index is 1.54. The minimum Gasteiger partial charge on any atom is -0.347 e. The fourth-order valence-corrected chi connectivity index (χ4v) is 4.95. The highest BCUT2D eigenvalue weighted by Crippen LogP contribution is 2.51. The monoisotopic (exact) mass is 562 g/mol. The maximum absolute atomic E-state index is 15.1. The van der Waals surface area contributed by atoms with E-state index in [1.54, 1.807) is 17.5 Å². The summed E-state index contributed by atoms with van der Waals surface area (Å²) in [6.07, 6.45) is -0.103. The van der Waals surface area contributed by atoms with Gasteiger partial charge in [0.2, 0.25) is 11.8 Å². The van der Waals surface area contributed by atoms with Crippen LogP contribution in [0.15, 0.2) is 24.4 Å². The number of hydrogen-bond acceptors (Lipinski definition) is 5. The van der Waals surface area contributed by atoms with Crippen LogP contribution in [0.3, 0.4) is 0 Å². The summed E-state index contributed by atoms with van der Waals surface area (Å²) >= 11 is 0. The Labute approximate surface area is 228 Å². The van der Waals surface area contributed by atoms with E-state index in [1.807, 2.05) is 13.8 Å². The van der Waals surface area contributed by atoms with Crippen molar-refractivity contribution in [3.05, 3.63) is 47.0 Å². The van der Waals surface area contributed by atoms with Crippen LogP contribution in [0.1, 0.15) is 67.2 Å². The van der Waals surface area contributed by atoms with Crippen LogP contribution in [0.4, 0.5) is 23.2 Å². The van der Waals surface area contributed by atoms with Gasteiger partial charge in [-0.1, -0.05) is 0 Å². The zero-order chi connectivity index (χ0) is 29.2. The molecule has 40 heavy (non-hydrogen) atoms. The summed E-state index contributed by atoms with van der Waals surface area (Å²) in [5, 5.41) is 20.7. The van der Waals surface area contributed by atoms with Crippen molar-refractivity contribution in [1.29, 1.82) is 5.26 Å². The number of anilines is 1. The highest BCUT2D eigenvalue weighted by molar-refractivity contribution is 6.01. The molecular weight excluding hydrogens is 532 g/mol. The first-order valence-corrected chi connectivity index (χ1v) is 13.1. The van der Waals surface area contributed by atoms with Crippen molar-refractivity contribution in [2.45, 2.75) is 64.2 Å². The second-order valence-electron chi connectivity index (χ2n) is 10.6. The Morgan fingerprint density at radius 2 is 1.80 bits per heavy atom. The van der Waals surface area contributed by atoms with Gasteiger partial charge in [0.25, 0.3) is 5.91 Å². The Kier molecular flexibility index (Phi) is 8.46. The van der Waals surface area contributed by atoms with Gasteiger partial charge >= 0.3 is 6.18 Å². The smallest absolute Gasteiger partial charge is 0.347 e. The van der Waals surface area contributed by atoms with Crippen LogP contribution in [-0.2, 0) is 16.0 Å². The first-order valence-electron chi connectivity index (χ1n) is 13.1. The molecule has 214 valence electrons. The third-order valence-electron chi connectivity index (χ3n) is 7.09. The van der Waals surface area contributed by atoms with Gasteiger partial charge in [0.15, 0.2) is 0 Å². The normalized spacial score (nSPS) is 16.0. The SMILES string of the molecule is CC(C)n1nccc1C(=O)NC(C(=O)Nc1cc(C#N)c(CC(=O)NCC(F)(F)F)cc1F)C(C1CC1)C1CC1. The average Bonchev–Trinajstić information content (AvgIpc) is 3.82. The van der Waals surface area contributed by atoms with Gasteiger partial charge in [-0.25, -0.2) is 4.39 Å². The van der Waals surface area contributed by atoms with Gasteiger partial charge in [0.1, 0.15) is 24.1 Å². The molecule has 0 bridgehead atoms. The van der Waals surface area contributed by atoms with E-state index in [0.717, 1.165) is 37.8 Å². The summed E-state index contributed by atoms with van der Waals surface area (Å²) in [6.45, 7) is 2.17. The van der Waals surface area contributed by atoms with Crippen molar-refractivity contribution in [2.24, 2.45) is 17.8 Å². The molecule has 1 atom stereocenters. The lowest BCUT2D eigenvalue weighted by molar-refractivity contribution is -0.138. The highest BCUT2D eigenvalue weighted by atomic mass is 19.4. The van der Waals surface area contributed by atoms with Gasteiger partial charge in [-0.2, -0.15) is 23.5 Å². The van der Waals surface area contributed by atoms with Crippen molar-refractivity contribution in [1.82, 2.24) is 20.4 Å². The predicted octanol–water partition coefficient (Wildman–Crippen LogP) is 3.87. The van der Waals surface area contributed by atoms with Crippen LogP contribution in [0.5, 0.6) is 0 Å². The summed E-state index contributed by atoms with van der Waals surface area (Å²) in [6, 6.07) is 4.15. The Morgan fingerprint density at radius 1 is 1.15 bits per heavy atom. The third-order valence-corrected chi connectivity index (χ3v) is 7.09. The fourth-order valence-electron chi connectivity index (χ4n) is 4.95. The van der Waals surface area contributed by atoms with Crippen LogP contribution < -0.4 is 16.0 Å². The number of carbonyl (C=O) groups excluding carboxylic acids is 3. The number of benzene rings is 1. The van der Waals surface area contributed by atoms with Crippen molar-refractivity contribution >= 4 is 23.4 Å². The number of nitrogens with one attached hydrogen (secondary N) is 3. The van der Waals surface area contributed by atoms with Crippen LogP contribution in [-0.4, -0.2) is 46.3 Å². The minimum absolute atomic E-state index is 0.0988. The largest absolute Gasteiger partial charge is 0.405 e. The summed E-state index contributed by atoms with van der Waals surface area (Å²) in [4.78, 5) is 38.7. The number of nitriles is 1. The van der Waals surface area contributed by atoms with E-state index in [9.17, 15) is 32.8 Å². The van der Waals surface area contributed by atoms with E-state index in [2.05, 4.69) is 15.7 Å². The fraction of sp³-hybridized carbons (Fsp3) is 0.519. The lowest BCUT2D eigenvalue weighted by Crippen LogP contribution is -2.50. The predicted molar refractivity (Wildman–Crippen MR) is 135 cm³/mol. The number of carbonyl (C=O) groups is 3. The van der Waals surface area contributed by atoms with Crippen LogP contribution in [0.25, 0.3) is 0 Å². The van der Waals surface area contributed by atoms with Gasteiger partial charge in [-0.05, 0) is 81.0 Å². The Bertz CT molecular complexity index is 1310. The van der Waals surface area contributed by atoms with Crippen molar-refractivity contribution in [3.63, 3.8) is 0 Å². The number of amides is 3. The molecule has 0 saturated heterocycles. The Hall–Kier alpha value is -3.95. The minimum atomic E-state index is -4.62. The van der Waals surface area contributed by atoms with Crippen LogP contribution in [0, 0.1) is 34.9 Å². The van der Waals surface area contributed by atoms with E-state index >= 15 is 4.39 Å².